The number of ether oxygens (including phenoxy) is 1. The van der Waals surface area contributed by atoms with Gasteiger partial charge in [-0.3, -0.25) is 0 Å². The van der Waals surface area contributed by atoms with Crippen molar-refractivity contribution in [3.05, 3.63) is 23.8 Å². The van der Waals surface area contributed by atoms with E-state index in [0.29, 0.717) is 0 Å². The van der Waals surface area contributed by atoms with E-state index in [1.54, 1.807) is 7.11 Å². The highest BCUT2D eigenvalue weighted by Crippen LogP contribution is 2.29. The quantitative estimate of drug-likeness (QED) is 0.722. The zero-order valence-electron chi connectivity index (χ0n) is 12.0. The normalized spacial score (nSPS) is 11.8. The van der Waals surface area contributed by atoms with E-state index in [-0.39, 0.29) is 5.60 Å². The second-order valence-electron chi connectivity index (χ2n) is 4.45. The van der Waals surface area contributed by atoms with Crippen molar-refractivity contribution in [2.24, 2.45) is 0 Å². The van der Waals surface area contributed by atoms with Crippen molar-refractivity contribution >= 4 is 0 Å². The molecule has 0 fully saturated rings. The molecule has 1 aromatic heterocycles. The average molecular weight is 251 g/mol. The number of nitrogens with zero attached hydrogens (tertiary/aromatic N) is 2. The summed E-state index contributed by atoms with van der Waals surface area (Å²) in [6.45, 7) is 8.17. The van der Waals surface area contributed by atoms with Crippen LogP contribution < -0.4 is 5.32 Å². The molecule has 0 bridgehead atoms. The van der Waals surface area contributed by atoms with Gasteiger partial charge in [0.05, 0.1) is 5.69 Å². The van der Waals surface area contributed by atoms with E-state index in [1.165, 1.54) is 0 Å². The molecule has 0 saturated carbocycles. The molecule has 0 aromatic carbocycles. The molecule has 102 valence electrons. The molecule has 4 heteroatoms. The fourth-order valence-electron chi connectivity index (χ4n) is 2.05. The van der Waals surface area contributed by atoms with Gasteiger partial charge in [-0.15, -0.1) is 0 Å². The Labute approximate surface area is 110 Å². The topological polar surface area (TPSA) is 47.0 Å². The van der Waals surface area contributed by atoms with Crippen molar-refractivity contribution in [1.82, 2.24) is 15.3 Å². The highest BCUT2D eigenvalue weighted by atomic mass is 16.5. The molecule has 4 nitrogen and oxygen atoms in total. The minimum Gasteiger partial charge on any atom is -0.370 e. The van der Waals surface area contributed by atoms with Crippen LogP contribution in [-0.4, -0.2) is 23.6 Å². The molecule has 0 aliphatic carbocycles. The Kier molecular flexibility index (Phi) is 6.22. The third kappa shape index (κ3) is 3.50. The Balaban J connectivity index is 2.85. The van der Waals surface area contributed by atoms with Crippen LogP contribution in [0.15, 0.2) is 12.3 Å². The van der Waals surface area contributed by atoms with Crippen molar-refractivity contribution in [3.63, 3.8) is 0 Å². The molecule has 0 spiro atoms. The predicted octanol–water partition coefficient (Wildman–Crippen LogP) is 2.64. The molecule has 0 saturated heterocycles. The zero-order chi connectivity index (χ0) is 13.4. The lowest BCUT2D eigenvalue weighted by Gasteiger charge is -2.28. The van der Waals surface area contributed by atoms with Crippen LogP contribution in [0.25, 0.3) is 0 Å². The SMILES string of the molecule is CCCNCc1ccnc(C(CC)(CC)OC)n1. The van der Waals surface area contributed by atoms with Gasteiger partial charge in [0.15, 0.2) is 5.82 Å². The third-order valence-corrected chi connectivity index (χ3v) is 3.39. The zero-order valence-corrected chi connectivity index (χ0v) is 12.0. The number of methoxy groups -OCH3 is 1. The maximum Gasteiger partial charge on any atom is 0.160 e. The number of hydrogen-bond acceptors (Lipinski definition) is 4. The lowest BCUT2D eigenvalue weighted by molar-refractivity contribution is -0.0293. The molecule has 1 N–H and O–H groups in total. The summed E-state index contributed by atoms with van der Waals surface area (Å²) in [7, 11) is 1.73. The van der Waals surface area contributed by atoms with Gasteiger partial charge < -0.3 is 10.1 Å². The van der Waals surface area contributed by atoms with Crippen molar-refractivity contribution in [1.29, 1.82) is 0 Å². The largest absolute Gasteiger partial charge is 0.370 e. The van der Waals surface area contributed by atoms with Crippen molar-refractivity contribution in [2.75, 3.05) is 13.7 Å². The molecule has 18 heavy (non-hydrogen) atoms. The Hall–Kier alpha value is -1.00. The first kappa shape index (κ1) is 15.1. The smallest absolute Gasteiger partial charge is 0.160 e. The minimum atomic E-state index is -0.346. The fourth-order valence-corrected chi connectivity index (χ4v) is 2.05. The van der Waals surface area contributed by atoms with Crippen molar-refractivity contribution < 1.29 is 4.74 Å². The average Bonchev–Trinajstić information content (AvgIpc) is 2.42. The Morgan fingerprint density at radius 1 is 1.28 bits per heavy atom. The van der Waals surface area contributed by atoms with Crippen LogP contribution in [0.1, 0.15) is 51.6 Å². The first-order valence-corrected chi connectivity index (χ1v) is 6.80. The molecular weight excluding hydrogens is 226 g/mol. The van der Waals surface area contributed by atoms with Crippen molar-refractivity contribution in [3.8, 4) is 0 Å². The molecule has 0 unspecified atom stereocenters. The molecule has 0 radical (unpaired) electrons. The summed E-state index contributed by atoms with van der Waals surface area (Å²) in [5.74, 6) is 0.797. The van der Waals surface area contributed by atoms with Crippen LogP contribution in [0.3, 0.4) is 0 Å². The van der Waals surface area contributed by atoms with Crippen LogP contribution in [-0.2, 0) is 16.9 Å². The van der Waals surface area contributed by atoms with Gasteiger partial charge in [-0.2, -0.15) is 0 Å². The lowest BCUT2D eigenvalue weighted by atomic mass is 9.96. The van der Waals surface area contributed by atoms with Gasteiger partial charge in [0.25, 0.3) is 0 Å². The summed E-state index contributed by atoms with van der Waals surface area (Å²) < 4.78 is 5.66. The first-order valence-electron chi connectivity index (χ1n) is 6.80. The van der Waals surface area contributed by atoms with Gasteiger partial charge in [-0.25, -0.2) is 9.97 Å². The van der Waals surface area contributed by atoms with Gasteiger partial charge in [0.1, 0.15) is 5.60 Å². The second kappa shape index (κ2) is 7.44. The highest BCUT2D eigenvalue weighted by Gasteiger charge is 2.31. The fraction of sp³-hybridized carbons (Fsp3) is 0.714. The molecular formula is C14H25N3O. The second-order valence-corrected chi connectivity index (χ2v) is 4.45. The Morgan fingerprint density at radius 2 is 2.00 bits per heavy atom. The predicted molar refractivity (Wildman–Crippen MR) is 73.3 cm³/mol. The summed E-state index contributed by atoms with van der Waals surface area (Å²) in [5.41, 5.74) is 0.678. The number of nitrogens with one attached hydrogen (secondary N) is 1. The van der Waals surface area contributed by atoms with Crippen LogP contribution in [0, 0.1) is 0 Å². The summed E-state index contributed by atoms with van der Waals surface area (Å²) in [4.78, 5) is 9.02. The van der Waals surface area contributed by atoms with Crippen molar-refractivity contribution in [2.45, 2.75) is 52.2 Å². The van der Waals surface area contributed by atoms with Gasteiger partial charge in [0.2, 0.25) is 0 Å². The van der Waals surface area contributed by atoms with Crippen LogP contribution >= 0.6 is 0 Å². The summed E-state index contributed by atoms with van der Waals surface area (Å²) >= 11 is 0. The number of hydrogen-bond donors (Lipinski definition) is 1. The molecule has 1 heterocycles. The monoisotopic (exact) mass is 251 g/mol. The number of rotatable bonds is 8. The van der Waals surface area contributed by atoms with E-state index in [1.807, 2.05) is 12.3 Å². The maximum absolute atomic E-state index is 5.66. The van der Waals surface area contributed by atoms with E-state index >= 15 is 0 Å². The lowest BCUT2D eigenvalue weighted by Crippen LogP contribution is -2.30. The van der Waals surface area contributed by atoms with E-state index in [4.69, 9.17) is 4.74 Å². The molecule has 0 atom stereocenters. The van der Waals surface area contributed by atoms with E-state index < -0.39 is 0 Å². The van der Waals surface area contributed by atoms with Gasteiger partial charge >= 0.3 is 0 Å². The molecule has 0 aliphatic rings. The first-order chi connectivity index (χ1) is 8.72. The van der Waals surface area contributed by atoms with Crippen LogP contribution in [0.5, 0.6) is 0 Å². The van der Waals surface area contributed by atoms with Crippen LogP contribution in [0.2, 0.25) is 0 Å². The third-order valence-electron chi connectivity index (χ3n) is 3.39. The molecule has 0 aliphatic heterocycles. The Bertz CT molecular complexity index is 342. The van der Waals surface area contributed by atoms with Gasteiger partial charge in [-0.1, -0.05) is 20.8 Å². The summed E-state index contributed by atoms with van der Waals surface area (Å²) in [6, 6.07) is 1.96. The summed E-state index contributed by atoms with van der Waals surface area (Å²) in [5, 5.41) is 3.35. The highest BCUT2D eigenvalue weighted by molar-refractivity contribution is 5.08. The standard InChI is InChI=1S/C14H25N3O/c1-5-9-15-11-12-8-10-16-13(17-12)14(6-2,7-3)18-4/h8,10,15H,5-7,9,11H2,1-4H3. The summed E-state index contributed by atoms with van der Waals surface area (Å²) in [6.07, 6.45) is 4.71. The van der Waals surface area contributed by atoms with E-state index in [0.717, 1.165) is 43.9 Å². The number of aromatic nitrogens is 2. The molecule has 0 amide bonds. The molecule has 1 aromatic rings. The van der Waals surface area contributed by atoms with E-state index in [2.05, 4.69) is 36.1 Å². The minimum absolute atomic E-state index is 0.346. The van der Waals surface area contributed by atoms with E-state index in [9.17, 15) is 0 Å². The van der Waals surface area contributed by atoms with Crippen LogP contribution in [0.4, 0.5) is 0 Å². The van der Waals surface area contributed by atoms with Gasteiger partial charge in [0, 0.05) is 19.9 Å². The van der Waals surface area contributed by atoms with Gasteiger partial charge in [-0.05, 0) is 31.9 Å². The maximum atomic E-state index is 5.66. The Morgan fingerprint density at radius 3 is 2.56 bits per heavy atom. The molecule has 1 rings (SSSR count).